The van der Waals surface area contributed by atoms with Crippen molar-refractivity contribution in [3.63, 3.8) is 0 Å². The number of amides is 2. The molecule has 0 bridgehead atoms. The summed E-state index contributed by atoms with van der Waals surface area (Å²) in [5.74, 6) is -0.912. The van der Waals surface area contributed by atoms with Crippen LogP contribution in [0.4, 0.5) is 11.4 Å². The van der Waals surface area contributed by atoms with Crippen LogP contribution in [0, 0.1) is 11.8 Å². The highest BCUT2D eigenvalue weighted by atomic mass is 32.1. The summed E-state index contributed by atoms with van der Waals surface area (Å²) in [7, 11) is 0. The Morgan fingerprint density at radius 1 is 1.20 bits per heavy atom. The van der Waals surface area contributed by atoms with Crippen LogP contribution < -0.4 is 16.4 Å². The van der Waals surface area contributed by atoms with Crippen LogP contribution in [0.2, 0.25) is 0 Å². The largest absolute Gasteiger partial charge is 0.393 e. The predicted octanol–water partition coefficient (Wildman–Crippen LogP) is 2.14. The fraction of sp³-hybridized carbons (Fsp3) is 0.357. The van der Waals surface area contributed by atoms with Gasteiger partial charge in [0.25, 0.3) is 0 Å². The van der Waals surface area contributed by atoms with E-state index in [4.69, 9.17) is 18.0 Å². The van der Waals surface area contributed by atoms with Gasteiger partial charge in [0.05, 0.1) is 10.9 Å². The van der Waals surface area contributed by atoms with Gasteiger partial charge >= 0.3 is 0 Å². The minimum atomic E-state index is -0.519. The summed E-state index contributed by atoms with van der Waals surface area (Å²) in [4.78, 5) is 23.3. The van der Waals surface area contributed by atoms with Crippen LogP contribution in [0.3, 0.4) is 0 Å². The quantitative estimate of drug-likeness (QED) is 0.726. The SMILES string of the molecule is CC(=O)Nc1cccc(NC(=O)C(C(N)=S)C(C)C)c1. The molecule has 2 amide bonds. The average molecular weight is 293 g/mol. The van der Waals surface area contributed by atoms with Crippen LogP contribution in [-0.4, -0.2) is 16.8 Å². The molecular formula is C14H19N3O2S. The number of nitrogens with one attached hydrogen (secondary N) is 2. The van der Waals surface area contributed by atoms with E-state index in [9.17, 15) is 9.59 Å². The summed E-state index contributed by atoms with van der Waals surface area (Å²) in [5.41, 5.74) is 6.81. The standard InChI is InChI=1S/C14H19N3O2S/c1-8(2)12(13(15)20)14(19)17-11-6-4-5-10(7-11)16-9(3)18/h4-8,12H,1-3H3,(H2,15,20)(H,16,18)(H,17,19). The van der Waals surface area contributed by atoms with Gasteiger partial charge in [0.15, 0.2) is 0 Å². The predicted molar refractivity (Wildman–Crippen MR) is 84.5 cm³/mol. The third-order valence-corrected chi connectivity index (χ3v) is 2.96. The Morgan fingerprint density at radius 2 is 1.75 bits per heavy atom. The van der Waals surface area contributed by atoms with E-state index >= 15 is 0 Å². The van der Waals surface area contributed by atoms with Crippen LogP contribution in [0.25, 0.3) is 0 Å². The van der Waals surface area contributed by atoms with E-state index in [1.165, 1.54) is 6.92 Å². The van der Waals surface area contributed by atoms with Gasteiger partial charge in [-0.15, -0.1) is 0 Å². The summed E-state index contributed by atoms with van der Waals surface area (Å²) in [6, 6.07) is 6.90. The van der Waals surface area contributed by atoms with Crippen molar-refractivity contribution in [1.29, 1.82) is 0 Å². The molecule has 0 spiro atoms. The number of carbonyl (C=O) groups excluding carboxylic acids is 2. The van der Waals surface area contributed by atoms with Gasteiger partial charge < -0.3 is 16.4 Å². The highest BCUT2D eigenvalue weighted by Gasteiger charge is 2.25. The lowest BCUT2D eigenvalue weighted by Gasteiger charge is -2.19. The summed E-state index contributed by atoms with van der Waals surface area (Å²) in [5, 5.41) is 5.41. The Balaban J connectivity index is 2.84. The number of anilines is 2. The molecule has 0 saturated heterocycles. The monoisotopic (exact) mass is 293 g/mol. The zero-order chi connectivity index (χ0) is 15.3. The highest BCUT2D eigenvalue weighted by molar-refractivity contribution is 7.80. The zero-order valence-corrected chi connectivity index (χ0v) is 12.6. The summed E-state index contributed by atoms with van der Waals surface area (Å²) < 4.78 is 0. The van der Waals surface area contributed by atoms with Crippen molar-refractivity contribution in [2.75, 3.05) is 10.6 Å². The Morgan fingerprint density at radius 3 is 2.20 bits per heavy atom. The van der Waals surface area contributed by atoms with Crippen molar-refractivity contribution in [3.8, 4) is 0 Å². The van der Waals surface area contributed by atoms with E-state index in [-0.39, 0.29) is 22.7 Å². The molecule has 5 nitrogen and oxygen atoms in total. The highest BCUT2D eigenvalue weighted by Crippen LogP contribution is 2.18. The molecule has 4 N–H and O–H groups in total. The zero-order valence-electron chi connectivity index (χ0n) is 11.8. The van der Waals surface area contributed by atoms with Crippen LogP contribution in [0.15, 0.2) is 24.3 Å². The number of benzene rings is 1. The third kappa shape index (κ3) is 4.62. The third-order valence-electron chi connectivity index (χ3n) is 2.71. The normalized spacial score (nSPS) is 11.8. The van der Waals surface area contributed by atoms with E-state index in [0.29, 0.717) is 11.4 Å². The molecule has 1 rings (SSSR count). The fourth-order valence-corrected chi connectivity index (χ4v) is 2.24. The van der Waals surface area contributed by atoms with Gasteiger partial charge in [-0.25, -0.2) is 0 Å². The van der Waals surface area contributed by atoms with Gasteiger partial charge in [-0.1, -0.05) is 32.1 Å². The molecule has 1 aromatic rings. The van der Waals surface area contributed by atoms with Gasteiger partial charge in [0, 0.05) is 18.3 Å². The first kappa shape index (κ1) is 16.1. The first-order chi connectivity index (χ1) is 9.31. The summed E-state index contributed by atoms with van der Waals surface area (Å²) in [6.07, 6.45) is 0. The first-order valence-corrected chi connectivity index (χ1v) is 6.70. The number of carbonyl (C=O) groups is 2. The maximum Gasteiger partial charge on any atom is 0.234 e. The smallest absolute Gasteiger partial charge is 0.234 e. The van der Waals surface area contributed by atoms with Gasteiger partial charge in [-0.2, -0.15) is 0 Å². The number of thiocarbonyl (C=S) groups is 1. The second kappa shape index (κ2) is 7.00. The van der Waals surface area contributed by atoms with Crippen molar-refractivity contribution >= 4 is 40.4 Å². The number of hydrogen-bond acceptors (Lipinski definition) is 3. The molecule has 0 aliphatic carbocycles. The van der Waals surface area contributed by atoms with E-state index in [0.717, 1.165) is 0 Å². The van der Waals surface area contributed by atoms with Crippen LogP contribution >= 0.6 is 12.2 Å². The first-order valence-electron chi connectivity index (χ1n) is 6.29. The molecule has 0 heterocycles. The van der Waals surface area contributed by atoms with Crippen LogP contribution in [-0.2, 0) is 9.59 Å². The molecule has 0 aliphatic rings. The molecule has 20 heavy (non-hydrogen) atoms. The average Bonchev–Trinajstić information content (AvgIpc) is 2.26. The lowest BCUT2D eigenvalue weighted by Crippen LogP contribution is -2.36. The number of hydrogen-bond donors (Lipinski definition) is 3. The van der Waals surface area contributed by atoms with Crippen molar-refractivity contribution < 1.29 is 9.59 Å². The maximum atomic E-state index is 12.2. The molecule has 0 aromatic heterocycles. The summed E-state index contributed by atoms with van der Waals surface area (Å²) >= 11 is 4.93. The molecule has 1 aromatic carbocycles. The van der Waals surface area contributed by atoms with Crippen molar-refractivity contribution in [2.45, 2.75) is 20.8 Å². The molecular weight excluding hydrogens is 274 g/mol. The number of rotatable bonds is 5. The molecule has 108 valence electrons. The lowest BCUT2D eigenvalue weighted by molar-refractivity contribution is -0.119. The van der Waals surface area contributed by atoms with Crippen LogP contribution in [0.1, 0.15) is 20.8 Å². The Bertz CT molecular complexity index is 529. The van der Waals surface area contributed by atoms with Gasteiger partial charge in [-0.3, -0.25) is 9.59 Å². The second-order valence-corrected chi connectivity index (χ2v) is 5.35. The topological polar surface area (TPSA) is 84.2 Å². The molecule has 1 atom stereocenters. The van der Waals surface area contributed by atoms with Crippen LogP contribution in [0.5, 0.6) is 0 Å². The summed E-state index contributed by atoms with van der Waals surface area (Å²) in [6.45, 7) is 5.20. The van der Waals surface area contributed by atoms with Crippen molar-refractivity contribution in [3.05, 3.63) is 24.3 Å². The fourth-order valence-electron chi connectivity index (χ4n) is 1.86. The lowest BCUT2D eigenvalue weighted by atomic mass is 9.95. The Hall–Kier alpha value is -1.95. The van der Waals surface area contributed by atoms with Gasteiger partial charge in [0.2, 0.25) is 11.8 Å². The molecule has 1 unspecified atom stereocenters. The van der Waals surface area contributed by atoms with Gasteiger partial charge in [0.1, 0.15) is 0 Å². The van der Waals surface area contributed by atoms with Crippen molar-refractivity contribution in [1.82, 2.24) is 0 Å². The minimum Gasteiger partial charge on any atom is -0.393 e. The van der Waals surface area contributed by atoms with E-state index in [1.807, 2.05) is 13.8 Å². The van der Waals surface area contributed by atoms with Crippen molar-refractivity contribution in [2.24, 2.45) is 17.6 Å². The second-order valence-electron chi connectivity index (χ2n) is 4.88. The molecule has 0 aliphatic heterocycles. The van der Waals surface area contributed by atoms with E-state index < -0.39 is 5.92 Å². The van der Waals surface area contributed by atoms with Gasteiger partial charge in [-0.05, 0) is 24.1 Å². The molecule has 0 saturated carbocycles. The minimum absolute atomic E-state index is 0.0195. The Kier molecular flexibility index (Phi) is 5.64. The van der Waals surface area contributed by atoms with E-state index in [1.54, 1.807) is 24.3 Å². The molecule has 0 fully saturated rings. The molecule has 0 radical (unpaired) electrons. The molecule has 6 heteroatoms. The number of nitrogens with two attached hydrogens (primary N) is 1. The van der Waals surface area contributed by atoms with E-state index in [2.05, 4.69) is 10.6 Å². The Labute approximate surface area is 123 Å². The maximum absolute atomic E-state index is 12.2.